The molecule has 0 atom stereocenters. The SMILES string of the molecule is Cc1cccc2occ(COc3cccnc3)c12. The van der Waals surface area contributed by atoms with Crippen molar-refractivity contribution in [2.45, 2.75) is 13.5 Å². The molecule has 0 N–H and O–H groups in total. The number of pyridine rings is 1. The highest BCUT2D eigenvalue weighted by molar-refractivity contribution is 5.84. The van der Waals surface area contributed by atoms with Crippen LogP contribution in [0, 0.1) is 6.92 Å². The molecule has 3 rings (SSSR count). The summed E-state index contributed by atoms with van der Waals surface area (Å²) in [7, 11) is 0. The lowest BCUT2D eigenvalue weighted by Crippen LogP contribution is -1.95. The Kier molecular flexibility index (Phi) is 2.73. The maximum atomic E-state index is 5.69. The molecule has 3 heteroatoms. The summed E-state index contributed by atoms with van der Waals surface area (Å²) in [6.45, 7) is 2.56. The van der Waals surface area contributed by atoms with Crippen LogP contribution in [0.4, 0.5) is 0 Å². The second-order valence-electron chi connectivity index (χ2n) is 4.19. The highest BCUT2D eigenvalue weighted by atomic mass is 16.5. The average Bonchev–Trinajstić information content (AvgIpc) is 2.82. The molecule has 0 spiro atoms. The van der Waals surface area contributed by atoms with Crippen molar-refractivity contribution in [1.29, 1.82) is 0 Å². The van der Waals surface area contributed by atoms with Crippen LogP contribution in [-0.2, 0) is 6.61 Å². The molecule has 3 aromatic rings. The zero-order valence-electron chi connectivity index (χ0n) is 10.1. The van der Waals surface area contributed by atoms with Gasteiger partial charge in [-0.3, -0.25) is 4.98 Å². The highest BCUT2D eigenvalue weighted by Gasteiger charge is 2.08. The first kappa shape index (κ1) is 10.8. The number of rotatable bonds is 3. The van der Waals surface area contributed by atoms with E-state index in [0.717, 1.165) is 22.3 Å². The first-order valence-corrected chi connectivity index (χ1v) is 5.83. The minimum absolute atomic E-state index is 0.490. The number of aryl methyl sites for hydroxylation is 1. The van der Waals surface area contributed by atoms with Crippen molar-refractivity contribution < 1.29 is 9.15 Å². The fourth-order valence-corrected chi connectivity index (χ4v) is 2.04. The lowest BCUT2D eigenvalue weighted by molar-refractivity contribution is 0.304. The summed E-state index contributed by atoms with van der Waals surface area (Å²) in [5.41, 5.74) is 3.16. The van der Waals surface area contributed by atoms with Gasteiger partial charge in [-0.05, 0) is 30.7 Å². The van der Waals surface area contributed by atoms with Crippen LogP contribution >= 0.6 is 0 Å². The second-order valence-corrected chi connectivity index (χ2v) is 4.19. The van der Waals surface area contributed by atoms with Crippen molar-refractivity contribution in [3.63, 3.8) is 0 Å². The van der Waals surface area contributed by atoms with Crippen LogP contribution in [0.25, 0.3) is 11.0 Å². The normalized spacial score (nSPS) is 10.7. The van der Waals surface area contributed by atoms with Crippen LogP contribution in [0.15, 0.2) is 53.4 Å². The summed E-state index contributed by atoms with van der Waals surface area (Å²) in [6.07, 6.45) is 5.19. The van der Waals surface area contributed by atoms with Gasteiger partial charge in [-0.25, -0.2) is 0 Å². The van der Waals surface area contributed by atoms with E-state index in [1.165, 1.54) is 5.56 Å². The van der Waals surface area contributed by atoms with Crippen LogP contribution in [-0.4, -0.2) is 4.98 Å². The van der Waals surface area contributed by atoms with E-state index in [-0.39, 0.29) is 0 Å². The van der Waals surface area contributed by atoms with Crippen molar-refractivity contribution in [3.8, 4) is 5.75 Å². The molecule has 2 aromatic heterocycles. The van der Waals surface area contributed by atoms with E-state index in [4.69, 9.17) is 9.15 Å². The van der Waals surface area contributed by atoms with Gasteiger partial charge in [-0.1, -0.05) is 12.1 Å². The molecule has 0 bridgehead atoms. The molecule has 90 valence electrons. The molecule has 18 heavy (non-hydrogen) atoms. The maximum Gasteiger partial charge on any atom is 0.138 e. The monoisotopic (exact) mass is 239 g/mol. The molecule has 0 saturated heterocycles. The Labute approximate surface area is 105 Å². The molecule has 0 amide bonds. The summed E-state index contributed by atoms with van der Waals surface area (Å²) >= 11 is 0. The van der Waals surface area contributed by atoms with Gasteiger partial charge in [-0.15, -0.1) is 0 Å². The molecule has 0 aliphatic rings. The first-order valence-electron chi connectivity index (χ1n) is 5.83. The van der Waals surface area contributed by atoms with E-state index < -0.39 is 0 Å². The highest BCUT2D eigenvalue weighted by Crippen LogP contribution is 2.25. The van der Waals surface area contributed by atoms with Gasteiger partial charge >= 0.3 is 0 Å². The van der Waals surface area contributed by atoms with E-state index in [0.29, 0.717) is 6.61 Å². The Morgan fingerprint density at radius 3 is 3.00 bits per heavy atom. The fraction of sp³-hybridized carbons (Fsp3) is 0.133. The predicted molar refractivity (Wildman–Crippen MR) is 69.5 cm³/mol. The summed E-state index contributed by atoms with van der Waals surface area (Å²) in [5, 5.41) is 1.14. The number of benzene rings is 1. The van der Waals surface area contributed by atoms with Crippen molar-refractivity contribution in [3.05, 3.63) is 60.1 Å². The van der Waals surface area contributed by atoms with Crippen LogP contribution in [0.2, 0.25) is 0 Å². The average molecular weight is 239 g/mol. The number of aromatic nitrogens is 1. The lowest BCUT2D eigenvalue weighted by atomic mass is 10.1. The van der Waals surface area contributed by atoms with Crippen molar-refractivity contribution in [2.24, 2.45) is 0 Å². The molecule has 1 aromatic carbocycles. The van der Waals surface area contributed by atoms with Gasteiger partial charge in [-0.2, -0.15) is 0 Å². The largest absolute Gasteiger partial charge is 0.487 e. The van der Waals surface area contributed by atoms with Gasteiger partial charge in [0, 0.05) is 17.1 Å². The van der Waals surface area contributed by atoms with Crippen molar-refractivity contribution >= 4 is 11.0 Å². The maximum absolute atomic E-state index is 5.69. The number of fused-ring (bicyclic) bond motifs is 1. The summed E-state index contributed by atoms with van der Waals surface area (Å²) in [5.74, 6) is 0.764. The van der Waals surface area contributed by atoms with Crippen LogP contribution < -0.4 is 4.74 Å². The zero-order valence-corrected chi connectivity index (χ0v) is 10.1. The number of hydrogen-bond donors (Lipinski definition) is 0. The molecular weight excluding hydrogens is 226 g/mol. The summed E-state index contributed by atoms with van der Waals surface area (Å²) in [4.78, 5) is 4.02. The lowest BCUT2D eigenvalue weighted by Gasteiger charge is -2.04. The molecule has 0 fully saturated rings. The molecule has 0 radical (unpaired) electrons. The van der Waals surface area contributed by atoms with Gasteiger partial charge in [0.15, 0.2) is 0 Å². The molecule has 0 aliphatic heterocycles. The molecule has 0 saturated carbocycles. The smallest absolute Gasteiger partial charge is 0.138 e. The predicted octanol–water partition coefficient (Wildman–Crippen LogP) is 3.72. The standard InChI is InChI=1S/C15H13NO2/c1-11-4-2-6-14-15(11)12(10-18-14)9-17-13-5-3-7-16-8-13/h2-8,10H,9H2,1H3. The zero-order chi connectivity index (χ0) is 12.4. The molecular formula is C15H13NO2. The molecule has 2 heterocycles. The van der Waals surface area contributed by atoms with E-state index in [9.17, 15) is 0 Å². The van der Waals surface area contributed by atoms with Crippen molar-refractivity contribution in [2.75, 3.05) is 0 Å². The Morgan fingerprint density at radius 2 is 2.17 bits per heavy atom. The van der Waals surface area contributed by atoms with E-state index in [1.807, 2.05) is 24.3 Å². The minimum Gasteiger partial charge on any atom is -0.487 e. The quantitative estimate of drug-likeness (QED) is 0.698. The minimum atomic E-state index is 0.490. The van der Waals surface area contributed by atoms with Crippen LogP contribution in [0.5, 0.6) is 5.75 Å². The Bertz CT molecular complexity index is 659. The van der Waals surface area contributed by atoms with E-state index in [1.54, 1.807) is 18.7 Å². The third-order valence-corrected chi connectivity index (χ3v) is 2.91. The number of furan rings is 1. The van der Waals surface area contributed by atoms with E-state index >= 15 is 0 Å². The molecule has 3 nitrogen and oxygen atoms in total. The Balaban J connectivity index is 1.87. The Morgan fingerprint density at radius 1 is 1.22 bits per heavy atom. The van der Waals surface area contributed by atoms with Crippen LogP contribution in [0.3, 0.4) is 0 Å². The first-order chi connectivity index (χ1) is 8.84. The second kappa shape index (κ2) is 4.53. The topological polar surface area (TPSA) is 35.3 Å². The Hall–Kier alpha value is -2.29. The van der Waals surface area contributed by atoms with Gasteiger partial charge < -0.3 is 9.15 Å². The number of ether oxygens (including phenoxy) is 1. The molecule has 0 aliphatic carbocycles. The van der Waals surface area contributed by atoms with Crippen LogP contribution in [0.1, 0.15) is 11.1 Å². The number of nitrogens with zero attached hydrogens (tertiary/aromatic N) is 1. The van der Waals surface area contributed by atoms with Gasteiger partial charge in [0.2, 0.25) is 0 Å². The summed E-state index contributed by atoms with van der Waals surface area (Å²) in [6, 6.07) is 9.78. The third-order valence-electron chi connectivity index (χ3n) is 2.91. The summed E-state index contributed by atoms with van der Waals surface area (Å²) < 4.78 is 11.2. The van der Waals surface area contributed by atoms with Gasteiger partial charge in [0.05, 0.1) is 12.5 Å². The van der Waals surface area contributed by atoms with E-state index in [2.05, 4.69) is 18.0 Å². The van der Waals surface area contributed by atoms with Crippen molar-refractivity contribution in [1.82, 2.24) is 4.98 Å². The molecule has 0 unspecified atom stereocenters. The van der Waals surface area contributed by atoms with Gasteiger partial charge in [0.25, 0.3) is 0 Å². The van der Waals surface area contributed by atoms with Gasteiger partial charge in [0.1, 0.15) is 17.9 Å². The third kappa shape index (κ3) is 1.95. The fourth-order valence-electron chi connectivity index (χ4n) is 2.04. The number of hydrogen-bond acceptors (Lipinski definition) is 3.